The second-order valence-electron chi connectivity index (χ2n) is 13.8. The molecule has 0 spiro atoms. The van der Waals surface area contributed by atoms with E-state index in [-0.39, 0.29) is 23.7 Å². The van der Waals surface area contributed by atoms with E-state index in [1.54, 1.807) is 24.3 Å². The maximum Gasteiger partial charge on any atom is 0.343 e. The summed E-state index contributed by atoms with van der Waals surface area (Å²) in [4.78, 5) is 39.9. The number of rotatable bonds is 18. The molecule has 1 unspecified atom stereocenters. The molecule has 0 amide bonds. The van der Waals surface area contributed by atoms with Gasteiger partial charge in [-0.1, -0.05) is 119 Å². The molecule has 0 radical (unpaired) electrons. The third-order valence-electron chi connectivity index (χ3n) is 9.53. The van der Waals surface area contributed by atoms with Crippen LogP contribution in [0, 0.1) is 0 Å². The van der Waals surface area contributed by atoms with Gasteiger partial charge in [-0.2, -0.15) is 0 Å². The fourth-order valence-corrected chi connectivity index (χ4v) is 6.35. The molecule has 0 bridgehead atoms. The van der Waals surface area contributed by atoms with E-state index in [1.165, 1.54) is 29.3 Å². The van der Waals surface area contributed by atoms with E-state index in [2.05, 4.69) is 62.4 Å². The number of carbonyl (C=O) groups excluding carboxylic acids is 3. The van der Waals surface area contributed by atoms with Crippen LogP contribution < -0.4 is 9.47 Å². The molecule has 1 heterocycles. The smallest absolute Gasteiger partial charge is 0.343 e. The fourth-order valence-electron chi connectivity index (χ4n) is 6.35. The van der Waals surface area contributed by atoms with Gasteiger partial charge in [0.1, 0.15) is 17.1 Å². The van der Waals surface area contributed by atoms with Gasteiger partial charge in [0, 0.05) is 0 Å². The summed E-state index contributed by atoms with van der Waals surface area (Å²) in [5.41, 5.74) is 7.32. The summed E-state index contributed by atoms with van der Waals surface area (Å²) in [5.74, 6) is -1.74. The Labute approximate surface area is 318 Å². The lowest BCUT2D eigenvalue weighted by Gasteiger charge is -2.13. The highest BCUT2D eigenvalue weighted by Gasteiger charge is 2.22. The van der Waals surface area contributed by atoms with E-state index < -0.39 is 17.9 Å². The van der Waals surface area contributed by atoms with Gasteiger partial charge in [0.2, 0.25) is 0 Å². The normalized spacial score (nSPS) is 13.3. The van der Waals surface area contributed by atoms with Crippen molar-refractivity contribution in [2.24, 2.45) is 0 Å². The Morgan fingerprint density at radius 1 is 0.574 bits per heavy atom. The van der Waals surface area contributed by atoms with Crippen molar-refractivity contribution in [2.75, 3.05) is 13.2 Å². The first kappa shape index (κ1) is 38.2. The van der Waals surface area contributed by atoms with Crippen molar-refractivity contribution in [3.8, 4) is 33.8 Å². The first-order valence-electron chi connectivity index (χ1n) is 19.2. The Balaban J connectivity index is 1.13. The van der Waals surface area contributed by atoms with E-state index in [9.17, 15) is 14.4 Å². The SMILES string of the molecule is CCCc1ccc(-c2ccc(C(=O)Oc3ccc(OC(=O)c4ccc(-c5ccc(CCC)cc5)cc4)c(C(=O)OCCCCCCC4CO4)c3)cc2)cc1. The largest absolute Gasteiger partial charge is 0.462 e. The summed E-state index contributed by atoms with van der Waals surface area (Å²) >= 11 is 0. The van der Waals surface area contributed by atoms with Crippen LogP contribution in [0.2, 0.25) is 0 Å². The van der Waals surface area contributed by atoms with Gasteiger partial charge in [0.25, 0.3) is 0 Å². The highest BCUT2D eigenvalue weighted by Crippen LogP contribution is 2.29. The van der Waals surface area contributed by atoms with Gasteiger partial charge in [-0.15, -0.1) is 0 Å². The number of benzene rings is 5. The highest BCUT2D eigenvalue weighted by atomic mass is 16.6. The molecule has 54 heavy (non-hydrogen) atoms. The average molecular weight is 725 g/mol. The molecular weight excluding hydrogens is 677 g/mol. The summed E-state index contributed by atoms with van der Waals surface area (Å²) < 4.78 is 22.3. The zero-order valence-electron chi connectivity index (χ0n) is 31.2. The molecule has 1 aliphatic rings. The summed E-state index contributed by atoms with van der Waals surface area (Å²) in [7, 11) is 0. The highest BCUT2D eigenvalue weighted by molar-refractivity contribution is 5.97. The first-order valence-corrected chi connectivity index (χ1v) is 19.2. The molecule has 5 aromatic carbocycles. The van der Waals surface area contributed by atoms with Crippen LogP contribution >= 0.6 is 0 Å². The first-order chi connectivity index (χ1) is 26.4. The molecule has 1 atom stereocenters. The van der Waals surface area contributed by atoms with Gasteiger partial charge >= 0.3 is 17.9 Å². The third kappa shape index (κ3) is 10.8. The quantitative estimate of drug-likeness (QED) is 0.0384. The van der Waals surface area contributed by atoms with E-state index in [0.29, 0.717) is 23.7 Å². The van der Waals surface area contributed by atoms with E-state index >= 15 is 0 Å². The molecule has 0 saturated carbocycles. The third-order valence-corrected chi connectivity index (χ3v) is 9.53. The van der Waals surface area contributed by atoms with Crippen molar-refractivity contribution in [3.05, 3.63) is 143 Å². The second-order valence-corrected chi connectivity index (χ2v) is 13.8. The molecule has 5 aromatic rings. The molecule has 7 nitrogen and oxygen atoms in total. The monoisotopic (exact) mass is 724 g/mol. The Hall–Kier alpha value is -5.53. The van der Waals surface area contributed by atoms with Crippen molar-refractivity contribution in [1.82, 2.24) is 0 Å². The molecule has 1 saturated heterocycles. The number of unbranched alkanes of at least 4 members (excludes halogenated alkanes) is 3. The van der Waals surface area contributed by atoms with Crippen molar-refractivity contribution in [3.63, 3.8) is 0 Å². The van der Waals surface area contributed by atoms with Gasteiger partial charge in [-0.25, -0.2) is 14.4 Å². The van der Waals surface area contributed by atoms with Crippen molar-refractivity contribution in [1.29, 1.82) is 0 Å². The van der Waals surface area contributed by atoms with E-state index in [1.807, 2.05) is 24.3 Å². The number of carbonyl (C=O) groups is 3. The summed E-state index contributed by atoms with van der Waals surface area (Å²) in [5, 5.41) is 0. The van der Waals surface area contributed by atoms with Crippen LogP contribution in [0.5, 0.6) is 11.5 Å². The lowest BCUT2D eigenvalue weighted by molar-refractivity contribution is 0.0490. The van der Waals surface area contributed by atoms with Crippen LogP contribution in [-0.4, -0.2) is 37.2 Å². The zero-order chi connectivity index (χ0) is 37.7. The lowest BCUT2D eigenvalue weighted by atomic mass is 10.0. The number of hydrogen-bond acceptors (Lipinski definition) is 7. The van der Waals surface area contributed by atoms with Crippen LogP contribution in [0.15, 0.2) is 115 Å². The fraction of sp³-hybridized carbons (Fsp3) is 0.298. The van der Waals surface area contributed by atoms with E-state index in [4.69, 9.17) is 18.9 Å². The van der Waals surface area contributed by atoms with E-state index in [0.717, 1.165) is 80.2 Å². The average Bonchev–Trinajstić information content (AvgIpc) is 4.03. The molecule has 0 aromatic heterocycles. The molecule has 0 aliphatic carbocycles. The second kappa shape index (κ2) is 19.0. The Morgan fingerprint density at radius 3 is 1.56 bits per heavy atom. The van der Waals surface area contributed by atoms with Crippen molar-refractivity contribution in [2.45, 2.75) is 77.7 Å². The minimum atomic E-state index is -0.668. The predicted molar refractivity (Wildman–Crippen MR) is 211 cm³/mol. The predicted octanol–water partition coefficient (Wildman–Crippen LogP) is 10.9. The minimum absolute atomic E-state index is 0.00908. The number of epoxide rings is 1. The molecular formula is C47H48O7. The van der Waals surface area contributed by atoms with Gasteiger partial charge < -0.3 is 18.9 Å². The molecule has 1 fully saturated rings. The van der Waals surface area contributed by atoms with Gasteiger partial charge in [-0.3, -0.25) is 0 Å². The Morgan fingerprint density at radius 2 is 1.06 bits per heavy atom. The number of esters is 3. The topological polar surface area (TPSA) is 91.4 Å². The van der Waals surface area contributed by atoms with Crippen molar-refractivity contribution >= 4 is 17.9 Å². The Kier molecular flexibility index (Phi) is 13.4. The van der Waals surface area contributed by atoms with Crippen LogP contribution in [0.1, 0.15) is 101 Å². The maximum absolute atomic E-state index is 13.4. The van der Waals surface area contributed by atoms with Gasteiger partial charge in [-0.05, 0) is 102 Å². The summed E-state index contributed by atoms with van der Waals surface area (Å²) in [6.45, 7) is 5.39. The minimum Gasteiger partial charge on any atom is -0.462 e. The van der Waals surface area contributed by atoms with Crippen LogP contribution in [-0.2, 0) is 22.3 Å². The lowest BCUT2D eigenvalue weighted by Crippen LogP contribution is -2.14. The van der Waals surface area contributed by atoms with Crippen LogP contribution in [0.4, 0.5) is 0 Å². The zero-order valence-corrected chi connectivity index (χ0v) is 31.2. The number of hydrogen-bond donors (Lipinski definition) is 0. The maximum atomic E-state index is 13.4. The van der Waals surface area contributed by atoms with Crippen LogP contribution in [0.25, 0.3) is 22.3 Å². The molecule has 1 aliphatic heterocycles. The summed E-state index contributed by atoms with van der Waals surface area (Å²) in [6, 6.07) is 35.5. The van der Waals surface area contributed by atoms with Gasteiger partial charge in [0.05, 0.1) is 30.4 Å². The van der Waals surface area contributed by atoms with Gasteiger partial charge in [0.15, 0.2) is 0 Å². The molecule has 6 rings (SSSR count). The molecule has 278 valence electrons. The molecule has 7 heteroatoms. The summed E-state index contributed by atoms with van der Waals surface area (Å²) in [6.07, 6.45) is 9.45. The standard InChI is InChI=1S/C47H48O7/c1-3-9-33-12-16-35(17-13-33)37-20-24-39(25-21-37)45(48)53-41-28-29-44(43(31-41)47(50)51-30-8-6-5-7-11-42-32-52-42)54-46(49)40-26-22-38(23-27-40)36-18-14-34(10-4-2)15-19-36/h12-29,31,42H,3-11,30,32H2,1-2H3. The van der Waals surface area contributed by atoms with Crippen molar-refractivity contribution < 1.29 is 33.3 Å². The molecule has 0 N–H and O–H groups in total. The number of ether oxygens (including phenoxy) is 4. The Bertz CT molecular complexity index is 1990. The number of aryl methyl sites for hydroxylation is 2. The van der Waals surface area contributed by atoms with Crippen LogP contribution in [0.3, 0.4) is 0 Å².